The predicted molar refractivity (Wildman–Crippen MR) is 108 cm³/mol. The van der Waals surface area contributed by atoms with Crippen LogP contribution in [-0.2, 0) is 21.4 Å². The van der Waals surface area contributed by atoms with Gasteiger partial charge in [-0.1, -0.05) is 44.2 Å². The van der Waals surface area contributed by atoms with Gasteiger partial charge in [0.15, 0.2) is 0 Å². The van der Waals surface area contributed by atoms with E-state index in [4.69, 9.17) is 0 Å². The average molecular weight is 406 g/mol. The summed E-state index contributed by atoms with van der Waals surface area (Å²) >= 11 is 0. The number of carbonyl (C=O) groups is 1. The van der Waals surface area contributed by atoms with E-state index in [1.165, 1.54) is 22.6 Å². The number of carbonyl (C=O) groups excluding carboxylic acids is 1. The van der Waals surface area contributed by atoms with Crippen LogP contribution in [0.5, 0.6) is 0 Å². The number of benzene rings is 1. The van der Waals surface area contributed by atoms with E-state index in [1.807, 2.05) is 37.3 Å². The summed E-state index contributed by atoms with van der Waals surface area (Å²) < 4.78 is 27.8. The number of amides is 1. The Bertz CT molecular complexity index is 966. The summed E-state index contributed by atoms with van der Waals surface area (Å²) in [5.74, 6) is -0.282. The van der Waals surface area contributed by atoms with Gasteiger partial charge in [-0.2, -0.15) is 4.31 Å². The lowest BCUT2D eigenvalue weighted by molar-refractivity contribution is -0.132. The van der Waals surface area contributed by atoms with Gasteiger partial charge in [-0.3, -0.25) is 9.59 Å². The highest BCUT2D eigenvalue weighted by molar-refractivity contribution is 7.89. The van der Waals surface area contributed by atoms with Crippen LogP contribution in [0.3, 0.4) is 0 Å². The molecule has 2 aromatic rings. The van der Waals surface area contributed by atoms with E-state index in [0.717, 1.165) is 10.1 Å². The zero-order valence-electron chi connectivity index (χ0n) is 16.7. The molecule has 0 aliphatic heterocycles. The fraction of sp³-hybridized carbons (Fsp3) is 0.400. The van der Waals surface area contributed by atoms with Crippen molar-refractivity contribution >= 4 is 15.9 Å². The number of aromatic nitrogens is 1. The maximum Gasteiger partial charge on any atom is 0.251 e. The van der Waals surface area contributed by atoms with Crippen molar-refractivity contribution in [2.75, 3.05) is 20.1 Å². The van der Waals surface area contributed by atoms with Crippen LogP contribution in [0.4, 0.5) is 0 Å². The van der Waals surface area contributed by atoms with Gasteiger partial charge in [-0.05, 0) is 18.6 Å². The summed E-state index contributed by atoms with van der Waals surface area (Å²) in [6.07, 6.45) is 1.24. The molecular weight excluding hydrogens is 378 g/mol. The number of pyridine rings is 1. The Hall–Kier alpha value is -2.45. The molecule has 1 atom stereocenters. The molecule has 1 unspecified atom stereocenters. The van der Waals surface area contributed by atoms with Gasteiger partial charge in [0.05, 0.1) is 10.9 Å². The first kappa shape index (κ1) is 21.8. The average Bonchev–Trinajstić information content (AvgIpc) is 2.69. The van der Waals surface area contributed by atoms with Crippen LogP contribution >= 0.6 is 0 Å². The number of rotatable bonds is 8. The smallest absolute Gasteiger partial charge is 0.251 e. The standard InChI is InChI=1S/C20H27N3O4S/c1-5-23(6-2)28(26,27)18-12-13-19(24)22(14-18)15-20(25)21(4)16(3)17-10-8-7-9-11-17/h7-14,16H,5-6,15H2,1-4H3. The van der Waals surface area contributed by atoms with Crippen molar-refractivity contribution in [2.24, 2.45) is 0 Å². The van der Waals surface area contributed by atoms with E-state index in [9.17, 15) is 18.0 Å². The molecule has 1 aromatic carbocycles. The molecule has 0 fully saturated rings. The van der Waals surface area contributed by atoms with Crippen molar-refractivity contribution in [3.63, 3.8) is 0 Å². The Morgan fingerprint density at radius 2 is 1.68 bits per heavy atom. The van der Waals surface area contributed by atoms with E-state index < -0.39 is 15.6 Å². The SMILES string of the molecule is CCN(CC)S(=O)(=O)c1ccc(=O)n(CC(=O)N(C)C(C)c2ccccc2)c1. The quantitative estimate of drug-likeness (QED) is 0.674. The van der Waals surface area contributed by atoms with Gasteiger partial charge in [0.25, 0.3) is 5.56 Å². The van der Waals surface area contributed by atoms with Crippen molar-refractivity contribution < 1.29 is 13.2 Å². The zero-order chi connectivity index (χ0) is 20.9. The molecule has 0 aliphatic rings. The molecule has 0 radical (unpaired) electrons. The van der Waals surface area contributed by atoms with Gasteiger partial charge in [0, 0.05) is 32.4 Å². The summed E-state index contributed by atoms with van der Waals surface area (Å²) in [5.41, 5.74) is 0.552. The normalized spacial score (nSPS) is 12.8. The zero-order valence-corrected chi connectivity index (χ0v) is 17.5. The predicted octanol–water partition coefficient (Wildman–Crippen LogP) is 2.10. The van der Waals surface area contributed by atoms with E-state index in [2.05, 4.69) is 0 Å². The Kier molecular flexibility index (Phi) is 7.15. The maximum atomic E-state index is 12.7. The van der Waals surface area contributed by atoms with Crippen LogP contribution in [0, 0.1) is 0 Å². The first-order valence-corrected chi connectivity index (χ1v) is 10.7. The highest BCUT2D eigenvalue weighted by atomic mass is 32.2. The van der Waals surface area contributed by atoms with Crippen LogP contribution in [0.2, 0.25) is 0 Å². The molecular formula is C20H27N3O4S. The molecule has 8 heteroatoms. The molecule has 2 rings (SSSR count). The number of sulfonamides is 1. The third kappa shape index (κ3) is 4.69. The van der Waals surface area contributed by atoms with Crippen molar-refractivity contribution in [2.45, 2.75) is 38.3 Å². The van der Waals surface area contributed by atoms with Crippen LogP contribution in [0.1, 0.15) is 32.4 Å². The molecule has 0 saturated carbocycles. The molecule has 0 spiro atoms. The lowest BCUT2D eigenvalue weighted by Gasteiger charge is -2.26. The van der Waals surface area contributed by atoms with Gasteiger partial charge in [0.2, 0.25) is 15.9 Å². The Morgan fingerprint density at radius 1 is 1.07 bits per heavy atom. The van der Waals surface area contributed by atoms with Crippen LogP contribution in [0.15, 0.2) is 58.4 Å². The monoisotopic (exact) mass is 405 g/mol. The Balaban J connectivity index is 2.26. The van der Waals surface area contributed by atoms with Gasteiger partial charge in [-0.15, -0.1) is 0 Å². The van der Waals surface area contributed by atoms with Gasteiger partial charge in [-0.25, -0.2) is 8.42 Å². The first-order chi connectivity index (χ1) is 13.2. The molecule has 1 aromatic heterocycles. The highest BCUT2D eigenvalue weighted by Gasteiger charge is 2.23. The number of likely N-dealkylation sites (N-methyl/N-ethyl adjacent to an activating group) is 1. The van der Waals surface area contributed by atoms with Gasteiger partial charge in [0.1, 0.15) is 6.54 Å². The number of hydrogen-bond acceptors (Lipinski definition) is 4. The fourth-order valence-electron chi connectivity index (χ4n) is 2.93. The molecule has 0 N–H and O–H groups in total. The lowest BCUT2D eigenvalue weighted by Crippen LogP contribution is -2.36. The van der Waals surface area contributed by atoms with Crippen LogP contribution in [0.25, 0.3) is 0 Å². The molecule has 28 heavy (non-hydrogen) atoms. The van der Waals surface area contributed by atoms with Gasteiger partial charge >= 0.3 is 0 Å². The van der Waals surface area contributed by atoms with Gasteiger partial charge < -0.3 is 9.47 Å². The third-order valence-electron chi connectivity index (χ3n) is 4.86. The minimum absolute atomic E-state index is 0.00219. The number of hydrogen-bond donors (Lipinski definition) is 0. The third-order valence-corrected chi connectivity index (χ3v) is 6.89. The van der Waals surface area contributed by atoms with E-state index in [1.54, 1.807) is 25.8 Å². The minimum atomic E-state index is -3.71. The molecule has 1 amide bonds. The molecule has 0 aliphatic carbocycles. The summed E-state index contributed by atoms with van der Waals surface area (Å²) in [7, 11) is -2.04. The molecule has 0 bridgehead atoms. The van der Waals surface area contributed by atoms with Crippen molar-refractivity contribution in [1.29, 1.82) is 0 Å². The summed E-state index contributed by atoms with van der Waals surface area (Å²) in [6.45, 7) is 5.83. The van der Waals surface area contributed by atoms with Crippen molar-refractivity contribution in [1.82, 2.24) is 13.8 Å². The molecule has 7 nitrogen and oxygen atoms in total. The minimum Gasteiger partial charge on any atom is -0.337 e. The lowest BCUT2D eigenvalue weighted by atomic mass is 10.1. The number of nitrogens with zero attached hydrogens (tertiary/aromatic N) is 3. The largest absolute Gasteiger partial charge is 0.337 e. The first-order valence-electron chi connectivity index (χ1n) is 9.23. The van der Waals surface area contributed by atoms with E-state index in [0.29, 0.717) is 13.1 Å². The van der Waals surface area contributed by atoms with Crippen molar-refractivity contribution in [3.8, 4) is 0 Å². The van der Waals surface area contributed by atoms with E-state index in [-0.39, 0.29) is 23.4 Å². The summed E-state index contributed by atoms with van der Waals surface area (Å²) in [6, 6.07) is 11.9. The summed E-state index contributed by atoms with van der Waals surface area (Å²) in [5, 5.41) is 0. The second-order valence-corrected chi connectivity index (χ2v) is 8.45. The summed E-state index contributed by atoms with van der Waals surface area (Å²) in [4.78, 5) is 26.4. The molecule has 152 valence electrons. The van der Waals surface area contributed by atoms with E-state index >= 15 is 0 Å². The van der Waals surface area contributed by atoms with Crippen LogP contribution in [-0.4, -0.2) is 48.2 Å². The second-order valence-electron chi connectivity index (χ2n) is 6.51. The maximum absolute atomic E-state index is 12.7. The molecule has 0 saturated heterocycles. The fourth-order valence-corrected chi connectivity index (χ4v) is 4.40. The molecule has 1 heterocycles. The van der Waals surface area contributed by atoms with Crippen LogP contribution < -0.4 is 5.56 Å². The van der Waals surface area contributed by atoms with Crippen molar-refractivity contribution in [3.05, 3.63) is 64.6 Å². The highest BCUT2D eigenvalue weighted by Crippen LogP contribution is 2.19. The Morgan fingerprint density at radius 3 is 2.25 bits per heavy atom. The Labute approximate surface area is 166 Å². The topological polar surface area (TPSA) is 79.7 Å². The second kappa shape index (κ2) is 9.16.